The van der Waals surface area contributed by atoms with Gasteiger partial charge in [0.2, 0.25) is 0 Å². The van der Waals surface area contributed by atoms with Gasteiger partial charge in [0.1, 0.15) is 5.69 Å². The SMILES string of the molecule is COc1ccc(C2=NN(C(NC(=O)c3ccccn3)c3ccc(C)cc3)C(=O)SC2)cc1OC. The summed E-state index contributed by atoms with van der Waals surface area (Å²) in [6.45, 7) is 1.97. The van der Waals surface area contributed by atoms with E-state index in [-0.39, 0.29) is 10.9 Å². The number of methoxy groups -OCH3 is 2. The van der Waals surface area contributed by atoms with E-state index < -0.39 is 12.1 Å². The Morgan fingerprint density at radius 3 is 2.50 bits per heavy atom. The molecule has 3 aromatic rings. The highest BCUT2D eigenvalue weighted by Gasteiger charge is 2.32. The van der Waals surface area contributed by atoms with Crippen molar-refractivity contribution in [2.75, 3.05) is 20.0 Å². The number of nitrogens with zero attached hydrogens (tertiary/aromatic N) is 3. The molecule has 0 spiro atoms. The summed E-state index contributed by atoms with van der Waals surface area (Å²) in [5.41, 5.74) is 3.51. The highest BCUT2D eigenvalue weighted by Crippen LogP contribution is 2.32. The number of carbonyl (C=O) groups is 2. The number of rotatable bonds is 7. The number of hydrazone groups is 1. The summed E-state index contributed by atoms with van der Waals surface area (Å²) < 4.78 is 10.7. The number of aromatic nitrogens is 1. The molecule has 34 heavy (non-hydrogen) atoms. The molecule has 0 saturated heterocycles. The molecule has 0 saturated carbocycles. The molecule has 1 aromatic heterocycles. The van der Waals surface area contributed by atoms with Crippen molar-refractivity contribution in [3.05, 3.63) is 89.2 Å². The van der Waals surface area contributed by atoms with Crippen LogP contribution < -0.4 is 14.8 Å². The summed E-state index contributed by atoms with van der Waals surface area (Å²) in [4.78, 5) is 30.0. The molecule has 0 bridgehead atoms. The van der Waals surface area contributed by atoms with Crippen LogP contribution in [0.4, 0.5) is 4.79 Å². The Labute approximate surface area is 202 Å². The first-order chi connectivity index (χ1) is 16.5. The maximum absolute atomic E-state index is 13.0. The maximum atomic E-state index is 13.0. The number of nitrogens with one attached hydrogen (secondary N) is 1. The quantitative estimate of drug-likeness (QED) is 0.543. The summed E-state index contributed by atoms with van der Waals surface area (Å²) in [7, 11) is 3.14. The molecular formula is C25H24N4O4S. The molecule has 0 fully saturated rings. The number of hydrogen-bond acceptors (Lipinski definition) is 7. The highest BCUT2D eigenvalue weighted by molar-refractivity contribution is 8.14. The van der Waals surface area contributed by atoms with Crippen molar-refractivity contribution < 1.29 is 19.1 Å². The lowest BCUT2D eigenvalue weighted by Gasteiger charge is -2.31. The number of amides is 2. The third kappa shape index (κ3) is 5.04. The van der Waals surface area contributed by atoms with Crippen molar-refractivity contribution in [3.63, 3.8) is 0 Å². The average Bonchev–Trinajstić information content (AvgIpc) is 2.88. The minimum absolute atomic E-state index is 0.251. The van der Waals surface area contributed by atoms with E-state index in [2.05, 4.69) is 15.4 Å². The Kier molecular flexibility index (Phi) is 7.12. The molecule has 1 atom stereocenters. The second kappa shape index (κ2) is 10.4. The summed E-state index contributed by atoms with van der Waals surface area (Å²) in [6.07, 6.45) is 0.732. The number of aryl methyl sites for hydroxylation is 1. The molecule has 2 amide bonds. The lowest BCUT2D eigenvalue weighted by molar-refractivity contribution is 0.0882. The topological polar surface area (TPSA) is 93.1 Å². The average molecular weight is 477 g/mol. The standard InChI is InChI=1S/C25H24N4O4S/c1-16-7-9-17(10-8-16)23(27-24(30)19-6-4-5-13-26-19)29-25(31)34-15-20(28-29)18-11-12-21(32-2)22(14-18)33-3/h4-14,23H,15H2,1-3H3,(H,27,30). The molecule has 174 valence electrons. The van der Waals surface area contributed by atoms with Crippen LogP contribution in [0.15, 0.2) is 72.0 Å². The molecule has 2 heterocycles. The third-order valence-corrected chi connectivity index (χ3v) is 6.12. The van der Waals surface area contributed by atoms with Crippen LogP contribution in [0, 0.1) is 6.92 Å². The van der Waals surface area contributed by atoms with Gasteiger partial charge in [0, 0.05) is 17.5 Å². The first kappa shape index (κ1) is 23.3. The van der Waals surface area contributed by atoms with Gasteiger partial charge in [0.25, 0.3) is 5.91 Å². The minimum atomic E-state index is -0.814. The van der Waals surface area contributed by atoms with Gasteiger partial charge in [0.05, 0.1) is 19.9 Å². The Morgan fingerprint density at radius 2 is 1.82 bits per heavy atom. The van der Waals surface area contributed by atoms with E-state index in [1.807, 2.05) is 43.3 Å². The zero-order valence-electron chi connectivity index (χ0n) is 19.0. The number of thioether (sulfide) groups is 1. The molecule has 4 rings (SSSR count). The summed E-state index contributed by atoms with van der Waals surface area (Å²) in [5.74, 6) is 1.15. The first-order valence-corrected chi connectivity index (χ1v) is 11.5. The summed E-state index contributed by atoms with van der Waals surface area (Å²) in [5, 5.41) is 8.62. The Morgan fingerprint density at radius 1 is 1.06 bits per heavy atom. The second-order valence-corrected chi connectivity index (χ2v) is 8.44. The number of benzene rings is 2. The molecular weight excluding hydrogens is 452 g/mol. The van der Waals surface area contributed by atoms with Crippen molar-refractivity contribution in [1.29, 1.82) is 0 Å². The third-order valence-electron chi connectivity index (χ3n) is 5.27. The van der Waals surface area contributed by atoms with E-state index in [4.69, 9.17) is 9.47 Å². The molecule has 0 aliphatic carbocycles. The van der Waals surface area contributed by atoms with Gasteiger partial charge in [-0.05, 0) is 42.8 Å². The zero-order chi connectivity index (χ0) is 24.1. The molecule has 9 heteroatoms. The maximum Gasteiger partial charge on any atom is 0.304 e. The van der Waals surface area contributed by atoms with E-state index >= 15 is 0 Å². The smallest absolute Gasteiger partial charge is 0.304 e. The van der Waals surface area contributed by atoms with Crippen LogP contribution in [0.5, 0.6) is 11.5 Å². The molecule has 0 radical (unpaired) electrons. The van der Waals surface area contributed by atoms with E-state index in [1.165, 1.54) is 5.01 Å². The lowest BCUT2D eigenvalue weighted by Crippen LogP contribution is -2.43. The molecule has 8 nitrogen and oxygen atoms in total. The van der Waals surface area contributed by atoms with Crippen molar-refractivity contribution in [3.8, 4) is 11.5 Å². The van der Waals surface area contributed by atoms with Gasteiger partial charge in [-0.15, -0.1) is 0 Å². The monoisotopic (exact) mass is 476 g/mol. The fourth-order valence-electron chi connectivity index (χ4n) is 3.45. The van der Waals surface area contributed by atoms with Crippen molar-refractivity contribution in [2.45, 2.75) is 13.1 Å². The highest BCUT2D eigenvalue weighted by atomic mass is 32.2. The van der Waals surface area contributed by atoms with Crippen molar-refractivity contribution in [2.24, 2.45) is 5.10 Å². The van der Waals surface area contributed by atoms with Gasteiger partial charge in [0.15, 0.2) is 17.7 Å². The molecule has 1 unspecified atom stereocenters. The number of hydrogen-bond donors (Lipinski definition) is 1. The van der Waals surface area contributed by atoms with Crippen molar-refractivity contribution >= 4 is 28.6 Å². The predicted octanol–water partition coefficient (Wildman–Crippen LogP) is 4.41. The summed E-state index contributed by atoms with van der Waals surface area (Å²) in [6, 6.07) is 18.2. The molecule has 1 aliphatic heterocycles. The van der Waals surface area contributed by atoms with Gasteiger partial charge >= 0.3 is 5.24 Å². The van der Waals surface area contributed by atoms with Crippen LogP contribution in [-0.2, 0) is 0 Å². The minimum Gasteiger partial charge on any atom is -0.493 e. The number of carbonyl (C=O) groups excluding carboxylic acids is 2. The lowest BCUT2D eigenvalue weighted by atomic mass is 10.1. The number of pyridine rings is 1. The van der Waals surface area contributed by atoms with E-state index in [0.29, 0.717) is 23.0 Å². The largest absolute Gasteiger partial charge is 0.493 e. The Balaban J connectivity index is 1.72. The van der Waals surface area contributed by atoms with Gasteiger partial charge < -0.3 is 14.8 Å². The normalized spacial score (nSPS) is 14.3. The second-order valence-electron chi connectivity index (χ2n) is 7.52. The van der Waals surface area contributed by atoms with Gasteiger partial charge in [-0.2, -0.15) is 10.1 Å². The van der Waals surface area contributed by atoms with Gasteiger partial charge in [-0.25, -0.2) is 0 Å². The van der Waals surface area contributed by atoms with Crippen LogP contribution in [0.25, 0.3) is 0 Å². The Hall–Kier alpha value is -3.85. The molecule has 1 N–H and O–H groups in total. The van der Waals surface area contributed by atoms with Crippen LogP contribution in [0.1, 0.15) is 33.3 Å². The zero-order valence-corrected chi connectivity index (χ0v) is 19.8. The van der Waals surface area contributed by atoms with Crippen LogP contribution in [0.3, 0.4) is 0 Å². The molecule has 1 aliphatic rings. The fourth-order valence-corrected chi connectivity index (χ4v) is 4.21. The Bertz CT molecular complexity index is 1220. The van der Waals surface area contributed by atoms with Crippen LogP contribution in [-0.4, -0.2) is 46.8 Å². The predicted molar refractivity (Wildman–Crippen MR) is 131 cm³/mol. The van der Waals surface area contributed by atoms with Crippen LogP contribution >= 0.6 is 11.8 Å². The van der Waals surface area contributed by atoms with E-state index in [9.17, 15) is 9.59 Å². The van der Waals surface area contributed by atoms with Gasteiger partial charge in [-0.1, -0.05) is 47.7 Å². The van der Waals surface area contributed by atoms with Crippen molar-refractivity contribution in [1.82, 2.24) is 15.3 Å². The van der Waals surface area contributed by atoms with E-state index in [1.54, 1.807) is 44.7 Å². The summed E-state index contributed by atoms with van der Waals surface area (Å²) >= 11 is 1.12. The molecule has 2 aromatic carbocycles. The first-order valence-electron chi connectivity index (χ1n) is 10.5. The van der Waals surface area contributed by atoms with Gasteiger partial charge in [-0.3, -0.25) is 14.6 Å². The van der Waals surface area contributed by atoms with Crippen LogP contribution in [0.2, 0.25) is 0 Å². The van der Waals surface area contributed by atoms with E-state index in [0.717, 1.165) is 28.5 Å². The fraction of sp³-hybridized carbons (Fsp3) is 0.200. The number of ether oxygens (including phenoxy) is 2.